The minimum Gasteiger partial charge on any atom is -0.246 e. The third-order valence-corrected chi connectivity index (χ3v) is 1.49. The highest BCUT2D eigenvalue weighted by molar-refractivity contribution is 5.36. The number of halogens is 5. The predicted molar refractivity (Wildman–Crippen MR) is 44.1 cm³/mol. The van der Waals surface area contributed by atoms with Crippen LogP contribution in [0.15, 0.2) is 35.2 Å². The van der Waals surface area contributed by atoms with E-state index in [1.54, 1.807) is 0 Å². The molecule has 0 N–H and O–H groups in total. The minimum absolute atomic E-state index is 0.560. The predicted octanol–water partition coefficient (Wildman–Crippen LogP) is 3.88. The van der Waals surface area contributed by atoms with E-state index in [-0.39, 0.29) is 0 Å². The van der Waals surface area contributed by atoms with E-state index < -0.39 is 42.0 Å². The first-order valence-corrected chi connectivity index (χ1v) is 3.66. The molecule has 0 aromatic carbocycles. The zero-order valence-corrected chi connectivity index (χ0v) is 7.51. The summed E-state index contributed by atoms with van der Waals surface area (Å²) < 4.78 is 61.9. The monoisotopic (exact) mass is 212 g/mol. The van der Waals surface area contributed by atoms with Crippen LogP contribution in [0.4, 0.5) is 22.0 Å². The largest absolute Gasteiger partial charge is 0.246 e. The van der Waals surface area contributed by atoms with E-state index in [4.69, 9.17) is 0 Å². The van der Waals surface area contributed by atoms with Gasteiger partial charge in [0.05, 0.1) is 5.57 Å². The summed E-state index contributed by atoms with van der Waals surface area (Å²) in [6.07, 6.45) is 0. The summed E-state index contributed by atoms with van der Waals surface area (Å²) in [6, 6.07) is 0. The average molecular weight is 212 g/mol. The van der Waals surface area contributed by atoms with Crippen molar-refractivity contribution in [3.8, 4) is 0 Å². The van der Waals surface area contributed by atoms with Crippen LogP contribution in [0.1, 0.15) is 6.92 Å². The van der Waals surface area contributed by atoms with Crippen molar-refractivity contribution in [1.82, 2.24) is 0 Å². The number of hydrogen-bond donors (Lipinski definition) is 0. The second-order valence-corrected chi connectivity index (χ2v) is 2.56. The van der Waals surface area contributed by atoms with Crippen LogP contribution < -0.4 is 0 Å². The quantitative estimate of drug-likeness (QED) is 0.490. The highest BCUT2D eigenvalue weighted by Gasteiger charge is 2.16. The van der Waals surface area contributed by atoms with Crippen LogP contribution in [-0.2, 0) is 0 Å². The molecule has 0 spiro atoms. The summed E-state index contributed by atoms with van der Waals surface area (Å²) in [5.74, 6) is -4.74. The number of alkyl halides is 2. The van der Waals surface area contributed by atoms with Gasteiger partial charge in [-0.3, -0.25) is 0 Å². The van der Waals surface area contributed by atoms with Crippen LogP contribution in [0.25, 0.3) is 0 Å². The molecule has 0 aromatic rings. The van der Waals surface area contributed by atoms with E-state index in [2.05, 4.69) is 6.58 Å². The van der Waals surface area contributed by atoms with Gasteiger partial charge in [-0.05, 0) is 12.5 Å². The highest BCUT2D eigenvalue weighted by atomic mass is 19.2. The fourth-order valence-electron chi connectivity index (χ4n) is 0.629. The molecule has 80 valence electrons. The number of hydrogen-bond acceptors (Lipinski definition) is 0. The Bertz CT molecular complexity index is 288. The van der Waals surface area contributed by atoms with E-state index in [0.29, 0.717) is 0 Å². The van der Waals surface area contributed by atoms with E-state index in [0.717, 1.165) is 6.92 Å². The van der Waals surface area contributed by atoms with Crippen LogP contribution in [0, 0.1) is 0 Å². The lowest BCUT2D eigenvalue weighted by molar-refractivity contribution is 0.467. The normalized spacial score (nSPS) is 14.7. The van der Waals surface area contributed by atoms with Gasteiger partial charge in [0.15, 0.2) is 11.7 Å². The second-order valence-electron chi connectivity index (χ2n) is 2.56. The summed E-state index contributed by atoms with van der Waals surface area (Å²) in [5.41, 5.74) is -1.69. The Labute approximate surface area is 78.4 Å². The van der Waals surface area contributed by atoms with Gasteiger partial charge in [-0.2, -0.15) is 0 Å². The molecule has 0 rings (SSSR count). The Hall–Kier alpha value is -1.13. The van der Waals surface area contributed by atoms with Crippen LogP contribution in [-0.4, -0.2) is 13.3 Å². The van der Waals surface area contributed by atoms with E-state index in [1.165, 1.54) is 0 Å². The summed E-state index contributed by atoms with van der Waals surface area (Å²) in [5, 5.41) is 0. The molecular formula is C9H9F5. The molecule has 0 nitrogen and oxygen atoms in total. The van der Waals surface area contributed by atoms with Gasteiger partial charge in [0, 0.05) is 0 Å². The second kappa shape index (κ2) is 5.57. The number of rotatable bonds is 4. The van der Waals surface area contributed by atoms with Crippen molar-refractivity contribution in [3.05, 3.63) is 35.2 Å². The lowest BCUT2D eigenvalue weighted by Gasteiger charge is -2.02. The lowest BCUT2D eigenvalue weighted by Crippen LogP contribution is -1.94. The molecule has 0 aliphatic carbocycles. The third-order valence-electron chi connectivity index (χ3n) is 1.49. The summed E-state index contributed by atoms with van der Waals surface area (Å²) in [6.45, 7) is 0.847. The summed E-state index contributed by atoms with van der Waals surface area (Å²) in [7, 11) is 0. The van der Waals surface area contributed by atoms with Crippen LogP contribution in [0.3, 0.4) is 0 Å². The zero-order chi connectivity index (χ0) is 11.3. The molecule has 0 unspecified atom stereocenters. The van der Waals surface area contributed by atoms with Gasteiger partial charge in [0.2, 0.25) is 0 Å². The molecule has 14 heavy (non-hydrogen) atoms. The highest BCUT2D eigenvalue weighted by Crippen LogP contribution is 2.26. The maximum absolute atomic E-state index is 12.9. The maximum atomic E-state index is 12.9. The van der Waals surface area contributed by atoms with E-state index in [1.807, 2.05) is 0 Å². The molecular weight excluding hydrogens is 203 g/mol. The molecule has 0 aromatic heterocycles. The molecule has 0 radical (unpaired) electrons. The SMILES string of the molecule is C=C(F)/C(CF)=C(F)\C(F)=C(\C)CF. The Balaban J connectivity index is 5.26. The zero-order valence-electron chi connectivity index (χ0n) is 7.51. The topological polar surface area (TPSA) is 0 Å². The van der Waals surface area contributed by atoms with Gasteiger partial charge in [0.25, 0.3) is 0 Å². The van der Waals surface area contributed by atoms with Crippen molar-refractivity contribution < 1.29 is 22.0 Å². The summed E-state index contributed by atoms with van der Waals surface area (Å²) >= 11 is 0. The fourth-order valence-corrected chi connectivity index (χ4v) is 0.629. The molecule has 0 aliphatic heterocycles. The molecule has 0 saturated carbocycles. The number of allylic oxidation sites excluding steroid dienone is 5. The molecule has 0 saturated heterocycles. The van der Waals surface area contributed by atoms with Crippen LogP contribution in [0.5, 0.6) is 0 Å². The average Bonchev–Trinajstić information content (AvgIpc) is 2.15. The van der Waals surface area contributed by atoms with Crippen molar-refractivity contribution in [2.24, 2.45) is 0 Å². The molecule has 0 heterocycles. The van der Waals surface area contributed by atoms with Crippen LogP contribution >= 0.6 is 0 Å². The van der Waals surface area contributed by atoms with Gasteiger partial charge >= 0.3 is 0 Å². The fraction of sp³-hybridized carbons (Fsp3) is 0.333. The van der Waals surface area contributed by atoms with Gasteiger partial charge in [-0.15, -0.1) is 0 Å². The first kappa shape index (κ1) is 12.9. The molecule has 0 bridgehead atoms. The molecule has 0 aliphatic rings. The van der Waals surface area contributed by atoms with E-state index in [9.17, 15) is 22.0 Å². The Kier molecular flexibility index (Phi) is 5.12. The minimum atomic E-state index is -1.74. The standard InChI is InChI=1S/C9H9F5/c1-5(3-10)8(13)9(14)7(4-11)6(2)12/h2-4H2,1H3/b8-5+,9-7+. The molecule has 0 amide bonds. The van der Waals surface area contributed by atoms with Crippen molar-refractivity contribution in [2.45, 2.75) is 6.92 Å². The Morgan fingerprint density at radius 2 is 1.50 bits per heavy atom. The van der Waals surface area contributed by atoms with Gasteiger partial charge in [-0.25, -0.2) is 22.0 Å². The van der Waals surface area contributed by atoms with Gasteiger partial charge in [0.1, 0.15) is 19.2 Å². The van der Waals surface area contributed by atoms with Crippen LogP contribution in [0.2, 0.25) is 0 Å². The molecule has 0 atom stereocenters. The molecule has 0 fully saturated rings. The van der Waals surface area contributed by atoms with Crippen molar-refractivity contribution in [2.75, 3.05) is 13.3 Å². The van der Waals surface area contributed by atoms with E-state index >= 15 is 0 Å². The summed E-state index contributed by atoms with van der Waals surface area (Å²) in [4.78, 5) is 0. The van der Waals surface area contributed by atoms with Gasteiger partial charge in [-0.1, -0.05) is 6.58 Å². The maximum Gasteiger partial charge on any atom is 0.167 e. The Morgan fingerprint density at radius 1 is 1.00 bits per heavy atom. The van der Waals surface area contributed by atoms with Crippen molar-refractivity contribution >= 4 is 0 Å². The lowest BCUT2D eigenvalue weighted by atomic mass is 10.2. The molecule has 5 heteroatoms. The van der Waals surface area contributed by atoms with Crippen molar-refractivity contribution in [1.29, 1.82) is 0 Å². The van der Waals surface area contributed by atoms with Gasteiger partial charge < -0.3 is 0 Å². The Morgan fingerprint density at radius 3 is 1.79 bits per heavy atom. The third kappa shape index (κ3) is 2.97. The van der Waals surface area contributed by atoms with Crippen molar-refractivity contribution in [3.63, 3.8) is 0 Å². The smallest absolute Gasteiger partial charge is 0.167 e. The first-order valence-electron chi connectivity index (χ1n) is 3.66. The first-order chi connectivity index (χ1) is 6.45.